The van der Waals surface area contributed by atoms with Gasteiger partial charge in [0.25, 0.3) is 17.3 Å². The summed E-state index contributed by atoms with van der Waals surface area (Å²) in [6, 6.07) is 4.55. The van der Waals surface area contributed by atoms with Crippen LogP contribution in [0.1, 0.15) is 10.4 Å². The van der Waals surface area contributed by atoms with Crippen molar-refractivity contribution >= 4 is 28.8 Å². The summed E-state index contributed by atoms with van der Waals surface area (Å²) in [5.74, 6) is -0.141. The average Bonchev–Trinajstić information content (AvgIpc) is 2.64. The lowest BCUT2D eigenvalue weighted by molar-refractivity contribution is -0.394. The fraction of sp³-hybridized carbons (Fsp3) is 0.267. The topological polar surface area (TPSA) is 156 Å². The van der Waals surface area contributed by atoms with Crippen LogP contribution in [0.25, 0.3) is 0 Å². The fourth-order valence-corrected chi connectivity index (χ4v) is 2.09. The van der Waals surface area contributed by atoms with Crippen molar-refractivity contribution < 1.29 is 14.6 Å². The normalized spacial score (nSPS) is 10.1. The Kier molecular flexibility index (Phi) is 6.14. The molecular weight excluding hydrogens is 358 g/mol. The first-order valence-electron chi connectivity index (χ1n) is 7.74. The molecule has 0 saturated carbocycles. The summed E-state index contributed by atoms with van der Waals surface area (Å²) in [5.41, 5.74) is -0.364. The Morgan fingerprint density at radius 3 is 2.26 bits per heavy atom. The quantitative estimate of drug-likeness (QED) is 0.393. The number of nitrogens with one attached hydrogen (secondary N) is 2. The first-order chi connectivity index (χ1) is 12.8. The van der Waals surface area contributed by atoms with Crippen molar-refractivity contribution in [2.45, 2.75) is 0 Å². The molecule has 2 rings (SSSR count). The average molecular weight is 375 g/mol. The number of amides is 1. The zero-order valence-electron chi connectivity index (χ0n) is 14.6. The number of nitro groups is 2. The Bertz CT molecular complexity index is 839. The number of anilines is 2. The number of nitrogens with zero attached hydrogens (tertiary/aromatic N) is 5. The zero-order chi connectivity index (χ0) is 20.0. The first kappa shape index (κ1) is 19.5. The number of nitro benzene ring substituents is 2. The molecule has 1 aromatic carbocycles. The molecule has 0 unspecified atom stereocenters. The zero-order valence-corrected chi connectivity index (χ0v) is 14.6. The van der Waals surface area contributed by atoms with E-state index in [2.05, 4.69) is 20.8 Å². The Hall–Kier alpha value is -3.83. The van der Waals surface area contributed by atoms with Gasteiger partial charge in [-0.25, -0.2) is 0 Å². The van der Waals surface area contributed by atoms with Crippen LogP contribution in [0.4, 0.5) is 22.9 Å². The van der Waals surface area contributed by atoms with Gasteiger partial charge < -0.3 is 15.5 Å². The first-order valence-corrected chi connectivity index (χ1v) is 7.74. The van der Waals surface area contributed by atoms with Crippen LogP contribution < -0.4 is 15.5 Å². The minimum Gasteiger partial charge on any atom is -0.376 e. The molecular formula is C15H17N7O5. The minimum absolute atomic E-state index is 0.162. The summed E-state index contributed by atoms with van der Waals surface area (Å²) in [6.07, 6.45) is 1.60. The molecule has 0 bridgehead atoms. The van der Waals surface area contributed by atoms with E-state index in [4.69, 9.17) is 0 Å². The lowest BCUT2D eigenvalue weighted by Gasteiger charge is -2.13. The number of non-ortho nitro benzene ring substituents is 2. The monoisotopic (exact) mass is 375 g/mol. The van der Waals surface area contributed by atoms with E-state index in [-0.39, 0.29) is 12.1 Å². The predicted octanol–water partition coefficient (Wildman–Crippen LogP) is 1.20. The van der Waals surface area contributed by atoms with Gasteiger partial charge in [0.2, 0.25) is 0 Å². The van der Waals surface area contributed by atoms with Crippen molar-refractivity contribution in [3.05, 3.63) is 56.3 Å². The third kappa shape index (κ3) is 5.32. The molecule has 0 spiro atoms. The fourth-order valence-electron chi connectivity index (χ4n) is 2.09. The summed E-state index contributed by atoms with van der Waals surface area (Å²) in [6.45, 7) is 0.484. The van der Waals surface area contributed by atoms with Gasteiger partial charge in [0.15, 0.2) is 5.82 Å². The van der Waals surface area contributed by atoms with Gasteiger partial charge in [-0.1, -0.05) is 0 Å². The molecule has 2 aromatic rings. The molecule has 0 aliphatic rings. The lowest BCUT2D eigenvalue weighted by Crippen LogP contribution is -2.29. The van der Waals surface area contributed by atoms with Gasteiger partial charge in [-0.15, -0.1) is 5.10 Å². The van der Waals surface area contributed by atoms with Crippen molar-refractivity contribution in [2.24, 2.45) is 0 Å². The summed E-state index contributed by atoms with van der Waals surface area (Å²) < 4.78 is 0. The number of rotatable bonds is 8. The van der Waals surface area contributed by atoms with Gasteiger partial charge in [-0.2, -0.15) is 5.10 Å². The molecule has 0 fully saturated rings. The summed E-state index contributed by atoms with van der Waals surface area (Å²) in [7, 11) is 3.72. The molecule has 1 aromatic heterocycles. The van der Waals surface area contributed by atoms with E-state index in [9.17, 15) is 25.0 Å². The van der Waals surface area contributed by atoms with Crippen molar-refractivity contribution in [1.82, 2.24) is 15.5 Å². The molecule has 0 aliphatic carbocycles. The molecule has 0 radical (unpaired) electrons. The molecule has 1 amide bonds. The van der Waals surface area contributed by atoms with Crippen molar-refractivity contribution in [3.63, 3.8) is 0 Å². The minimum atomic E-state index is -0.790. The van der Waals surface area contributed by atoms with Crippen LogP contribution in [0.15, 0.2) is 30.5 Å². The van der Waals surface area contributed by atoms with Gasteiger partial charge >= 0.3 is 0 Å². The highest BCUT2D eigenvalue weighted by atomic mass is 16.6. The number of aromatic nitrogens is 2. The van der Waals surface area contributed by atoms with Gasteiger partial charge in [0.1, 0.15) is 0 Å². The number of hydrogen-bond donors (Lipinski definition) is 2. The standard InChI is InChI=1S/C15H17N7O5/c1-20(2)13-8-14(19-18-9-13)16-3-4-17-15(23)10-5-11(21(24)25)7-12(6-10)22(26)27/h5-9H,3-4H2,1-2H3,(H,16,19)(H,17,23). The third-order valence-electron chi connectivity index (χ3n) is 3.46. The van der Waals surface area contributed by atoms with E-state index in [1.54, 1.807) is 12.3 Å². The number of carbonyl (C=O) groups is 1. The highest BCUT2D eigenvalue weighted by Gasteiger charge is 2.19. The SMILES string of the molecule is CN(C)c1cnnc(NCCNC(=O)c2cc([N+](=O)[O-])cc([N+](=O)[O-])c2)c1. The van der Waals surface area contributed by atoms with Gasteiger partial charge in [0, 0.05) is 45.4 Å². The highest BCUT2D eigenvalue weighted by Crippen LogP contribution is 2.22. The van der Waals surface area contributed by atoms with Crippen molar-refractivity contribution in [3.8, 4) is 0 Å². The Morgan fingerprint density at radius 1 is 1.07 bits per heavy atom. The molecule has 2 N–H and O–H groups in total. The molecule has 1 heterocycles. The molecule has 0 saturated heterocycles. The Balaban J connectivity index is 1.97. The van der Waals surface area contributed by atoms with Gasteiger partial charge in [-0.05, 0) is 0 Å². The Morgan fingerprint density at radius 2 is 1.70 bits per heavy atom. The van der Waals surface area contributed by atoms with Crippen LogP contribution in [0, 0.1) is 20.2 Å². The molecule has 12 nitrogen and oxygen atoms in total. The van der Waals surface area contributed by atoms with E-state index in [1.165, 1.54) is 0 Å². The molecule has 0 atom stereocenters. The predicted molar refractivity (Wildman–Crippen MR) is 96.9 cm³/mol. The van der Waals surface area contributed by atoms with Gasteiger partial charge in [-0.3, -0.25) is 25.0 Å². The maximum Gasteiger partial charge on any atom is 0.277 e. The van der Waals surface area contributed by atoms with Crippen LogP contribution in [0.3, 0.4) is 0 Å². The van der Waals surface area contributed by atoms with Crippen LogP contribution in [-0.4, -0.2) is 53.1 Å². The van der Waals surface area contributed by atoms with Crippen molar-refractivity contribution in [1.29, 1.82) is 0 Å². The smallest absolute Gasteiger partial charge is 0.277 e. The maximum atomic E-state index is 12.1. The van der Waals surface area contributed by atoms with E-state index in [1.807, 2.05) is 19.0 Å². The largest absolute Gasteiger partial charge is 0.376 e. The second-order valence-electron chi connectivity index (χ2n) is 5.63. The maximum absolute atomic E-state index is 12.1. The van der Waals surface area contributed by atoms with E-state index in [0.717, 1.165) is 23.9 Å². The van der Waals surface area contributed by atoms with Gasteiger partial charge in [0.05, 0.1) is 33.4 Å². The third-order valence-corrected chi connectivity index (χ3v) is 3.46. The second kappa shape index (κ2) is 8.51. The highest BCUT2D eigenvalue weighted by molar-refractivity contribution is 5.95. The molecule has 142 valence electrons. The summed E-state index contributed by atoms with van der Waals surface area (Å²) >= 11 is 0. The van der Waals surface area contributed by atoms with Crippen LogP contribution in [0.5, 0.6) is 0 Å². The van der Waals surface area contributed by atoms with Crippen molar-refractivity contribution in [2.75, 3.05) is 37.4 Å². The van der Waals surface area contributed by atoms with E-state index in [0.29, 0.717) is 12.4 Å². The van der Waals surface area contributed by atoms with Crippen LogP contribution >= 0.6 is 0 Å². The van der Waals surface area contributed by atoms with E-state index < -0.39 is 27.1 Å². The van der Waals surface area contributed by atoms with Crippen LogP contribution in [0.2, 0.25) is 0 Å². The lowest BCUT2D eigenvalue weighted by atomic mass is 10.1. The van der Waals surface area contributed by atoms with E-state index >= 15 is 0 Å². The number of benzene rings is 1. The molecule has 27 heavy (non-hydrogen) atoms. The molecule has 12 heteroatoms. The second-order valence-corrected chi connectivity index (χ2v) is 5.63. The summed E-state index contributed by atoms with van der Waals surface area (Å²) in [5, 5.41) is 35.0. The number of hydrogen-bond acceptors (Lipinski definition) is 9. The summed E-state index contributed by atoms with van der Waals surface area (Å²) in [4.78, 5) is 34.1. The number of carbonyl (C=O) groups excluding carboxylic acids is 1. The molecule has 0 aliphatic heterocycles. The van der Waals surface area contributed by atoms with Crippen LogP contribution in [-0.2, 0) is 0 Å². The Labute approximate surface area is 153 Å².